The Kier molecular flexibility index (Phi) is 5.32. The minimum atomic E-state index is -4.75. The molecule has 7 heteroatoms. The van der Waals surface area contributed by atoms with Gasteiger partial charge < -0.3 is 15.4 Å². The van der Waals surface area contributed by atoms with Gasteiger partial charge in [0.25, 0.3) is 0 Å². The van der Waals surface area contributed by atoms with E-state index in [1.807, 2.05) is 0 Å². The summed E-state index contributed by atoms with van der Waals surface area (Å²) in [4.78, 5) is 11.8. The standard InChI is InChI=1S/C17H13F3N2O2/c1-2-12-4-3-5-14(10-12)21-11-16(23)22-13-6-8-15(9-7-13)24-17(18,19)20/h1,3-10,21H,11H2,(H,22,23). The number of nitrogens with one attached hydrogen (secondary N) is 2. The number of ether oxygens (including phenoxy) is 1. The van der Waals surface area contributed by atoms with Gasteiger partial charge in [0.2, 0.25) is 5.91 Å². The molecule has 0 aromatic heterocycles. The van der Waals surface area contributed by atoms with E-state index in [0.717, 1.165) is 12.1 Å². The molecule has 0 aliphatic carbocycles. The van der Waals surface area contributed by atoms with Gasteiger partial charge in [-0.15, -0.1) is 19.6 Å². The molecule has 4 nitrogen and oxygen atoms in total. The molecule has 0 unspecified atom stereocenters. The van der Waals surface area contributed by atoms with E-state index in [4.69, 9.17) is 6.42 Å². The lowest BCUT2D eigenvalue weighted by atomic mass is 10.2. The fourth-order valence-electron chi connectivity index (χ4n) is 1.85. The SMILES string of the molecule is C#Cc1cccc(NCC(=O)Nc2ccc(OC(F)(F)F)cc2)c1. The number of alkyl halides is 3. The number of amides is 1. The number of terminal acetylenes is 1. The summed E-state index contributed by atoms with van der Waals surface area (Å²) in [7, 11) is 0. The largest absolute Gasteiger partial charge is 0.573 e. The van der Waals surface area contributed by atoms with Gasteiger partial charge in [-0.3, -0.25) is 4.79 Å². The van der Waals surface area contributed by atoms with Crippen LogP contribution in [0.25, 0.3) is 0 Å². The molecule has 2 aromatic rings. The molecule has 0 bridgehead atoms. The monoisotopic (exact) mass is 334 g/mol. The van der Waals surface area contributed by atoms with Crippen molar-refractivity contribution in [2.45, 2.75) is 6.36 Å². The molecule has 1 amide bonds. The van der Waals surface area contributed by atoms with Gasteiger partial charge in [-0.2, -0.15) is 0 Å². The first-order valence-corrected chi connectivity index (χ1v) is 6.82. The molecule has 2 N–H and O–H groups in total. The first-order chi connectivity index (χ1) is 11.4. The third-order valence-electron chi connectivity index (χ3n) is 2.85. The lowest BCUT2D eigenvalue weighted by Gasteiger charge is -2.10. The highest BCUT2D eigenvalue weighted by atomic mass is 19.4. The van der Waals surface area contributed by atoms with E-state index in [-0.39, 0.29) is 18.2 Å². The van der Waals surface area contributed by atoms with Crippen LogP contribution in [0, 0.1) is 12.3 Å². The Morgan fingerprint density at radius 2 is 1.83 bits per heavy atom. The van der Waals surface area contributed by atoms with E-state index in [9.17, 15) is 18.0 Å². The van der Waals surface area contributed by atoms with Crippen LogP contribution in [0.15, 0.2) is 48.5 Å². The fraction of sp³-hybridized carbons (Fsp3) is 0.118. The second-order valence-electron chi connectivity index (χ2n) is 4.70. The topological polar surface area (TPSA) is 50.4 Å². The van der Waals surface area contributed by atoms with E-state index >= 15 is 0 Å². The molecule has 0 aliphatic rings. The van der Waals surface area contributed by atoms with Crippen molar-refractivity contribution in [3.05, 3.63) is 54.1 Å². The predicted octanol–water partition coefficient (Wildman–Crippen LogP) is 3.62. The molecular weight excluding hydrogens is 321 g/mol. The van der Waals surface area contributed by atoms with Gasteiger partial charge in [0, 0.05) is 16.9 Å². The number of halogens is 3. The number of hydrogen-bond acceptors (Lipinski definition) is 3. The van der Waals surface area contributed by atoms with E-state index in [1.165, 1.54) is 12.1 Å². The van der Waals surface area contributed by atoms with Gasteiger partial charge >= 0.3 is 6.36 Å². The second-order valence-corrected chi connectivity index (χ2v) is 4.70. The normalized spacial score (nSPS) is 10.6. The average Bonchev–Trinajstić information content (AvgIpc) is 2.54. The van der Waals surface area contributed by atoms with Crippen molar-refractivity contribution in [1.29, 1.82) is 0 Å². The third-order valence-corrected chi connectivity index (χ3v) is 2.85. The van der Waals surface area contributed by atoms with Crippen molar-refractivity contribution in [2.75, 3.05) is 17.2 Å². The molecule has 124 valence electrons. The maximum atomic E-state index is 12.1. The summed E-state index contributed by atoms with van der Waals surface area (Å²) in [5.41, 5.74) is 1.73. The summed E-state index contributed by atoms with van der Waals surface area (Å²) in [5.74, 6) is 1.77. The molecule has 0 saturated heterocycles. The molecule has 0 fully saturated rings. The lowest BCUT2D eigenvalue weighted by molar-refractivity contribution is -0.274. The van der Waals surface area contributed by atoms with Crippen LogP contribution in [0.3, 0.4) is 0 Å². The van der Waals surface area contributed by atoms with Gasteiger partial charge in [0.05, 0.1) is 6.54 Å². The number of hydrogen-bond donors (Lipinski definition) is 2. The molecule has 0 radical (unpaired) electrons. The number of anilines is 2. The van der Waals surface area contributed by atoms with E-state index in [0.29, 0.717) is 16.9 Å². The summed E-state index contributed by atoms with van der Waals surface area (Å²) < 4.78 is 39.9. The van der Waals surface area contributed by atoms with Crippen LogP contribution in [0.4, 0.5) is 24.5 Å². The lowest BCUT2D eigenvalue weighted by Crippen LogP contribution is -2.21. The molecule has 0 saturated carbocycles. The summed E-state index contributed by atoms with van der Waals surface area (Å²) in [6, 6.07) is 11.9. The van der Waals surface area contributed by atoms with Crippen LogP contribution in [0.5, 0.6) is 5.75 Å². The van der Waals surface area contributed by atoms with Crippen molar-refractivity contribution in [2.24, 2.45) is 0 Å². The van der Waals surface area contributed by atoms with Crippen molar-refractivity contribution in [3.63, 3.8) is 0 Å². The maximum absolute atomic E-state index is 12.1. The van der Waals surface area contributed by atoms with Gasteiger partial charge in [0.1, 0.15) is 5.75 Å². The summed E-state index contributed by atoms with van der Waals surface area (Å²) in [5, 5.41) is 5.45. The molecular formula is C17H13F3N2O2. The number of carbonyl (C=O) groups is 1. The minimum absolute atomic E-state index is 0.0190. The maximum Gasteiger partial charge on any atom is 0.573 e. The van der Waals surface area contributed by atoms with Crippen LogP contribution in [0.2, 0.25) is 0 Å². The van der Waals surface area contributed by atoms with Crippen molar-refractivity contribution in [3.8, 4) is 18.1 Å². The van der Waals surface area contributed by atoms with Crippen molar-refractivity contribution >= 4 is 17.3 Å². The van der Waals surface area contributed by atoms with Gasteiger partial charge in [-0.05, 0) is 42.5 Å². The highest BCUT2D eigenvalue weighted by Crippen LogP contribution is 2.23. The van der Waals surface area contributed by atoms with Crippen molar-refractivity contribution in [1.82, 2.24) is 0 Å². The summed E-state index contributed by atoms with van der Waals surface area (Å²) in [6.45, 7) is -0.0190. The first kappa shape index (κ1) is 17.2. The number of carbonyl (C=O) groups excluding carboxylic acids is 1. The predicted molar refractivity (Wildman–Crippen MR) is 84.6 cm³/mol. The Labute approximate surface area is 136 Å². The minimum Gasteiger partial charge on any atom is -0.406 e. The second kappa shape index (κ2) is 7.42. The van der Waals surface area contributed by atoms with E-state index in [1.54, 1.807) is 24.3 Å². The van der Waals surface area contributed by atoms with E-state index in [2.05, 4.69) is 21.3 Å². The van der Waals surface area contributed by atoms with Crippen LogP contribution in [0.1, 0.15) is 5.56 Å². The van der Waals surface area contributed by atoms with Crippen LogP contribution < -0.4 is 15.4 Å². The smallest absolute Gasteiger partial charge is 0.406 e. The average molecular weight is 334 g/mol. The van der Waals surface area contributed by atoms with Crippen LogP contribution in [-0.2, 0) is 4.79 Å². The first-order valence-electron chi connectivity index (χ1n) is 6.82. The zero-order valence-corrected chi connectivity index (χ0v) is 12.4. The zero-order valence-electron chi connectivity index (χ0n) is 12.4. The molecule has 0 spiro atoms. The Hall–Kier alpha value is -3.14. The quantitative estimate of drug-likeness (QED) is 0.821. The van der Waals surface area contributed by atoms with Gasteiger partial charge in [-0.1, -0.05) is 12.0 Å². The molecule has 2 rings (SSSR count). The Bertz CT molecular complexity index is 750. The van der Waals surface area contributed by atoms with Crippen molar-refractivity contribution < 1.29 is 22.7 Å². The molecule has 0 aliphatic heterocycles. The fourth-order valence-corrected chi connectivity index (χ4v) is 1.85. The summed E-state index contributed by atoms with van der Waals surface area (Å²) >= 11 is 0. The van der Waals surface area contributed by atoms with Gasteiger partial charge in [0.15, 0.2) is 0 Å². The number of rotatable bonds is 5. The molecule has 2 aromatic carbocycles. The molecule has 0 heterocycles. The number of benzene rings is 2. The third kappa shape index (κ3) is 5.57. The highest BCUT2D eigenvalue weighted by Gasteiger charge is 2.30. The van der Waals surface area contributed by atoms with Crippen LogP contribution in [-0.4, -0.2) is 18.8 Å². The van der Waals surface area contributed by atoms with Gasteiger partial charge in [-0.25, -0.2) is 0 Å². The highest BCUT2D eigenvalue weighted by molar-refractivity contribution is 5.93. The Morgan fingerprint density at radius 1 is 1.12 bits per heavy atom. The Balaban J connectivity index is 1.87. The summed E-state index contributed by atoms with van der Waals surface area (Å²) in [6.07, 6.45) is 0.541. The van der Waals surface area contributed by atoms with Crippen LogP contribution >= 0.6 is 0 Å². The molecule has 24 heavy (non-hydrogen) atoms. The molecule has 0 atom stereocenters. The Morgan fingerprint density at radius 3 is 2.46 bits per heavy atom. The van der Waals surface area contributed by atoms with E-state index < -0.39 is 6.36 Å². The zero-order chi connectivity index (χ0) is 17.6.